The predicted octanol–water partition coefficient (Wildman–Crippen LogP) is 5.15. The van der Waals surface area contributed by atoms with Crippen LogP contribution in [0.25, 0.3) is 0 Å². The minimum Gasteiger partial charge on any atom is -0.493 e. The van der Waals surface area contributed by atoms with Gasteiger partial charge < -0.3 is 23.7 Å². The van der Waals surface area contributed by atoms with Crippen LogP contribution in [-0.4, -0.2) is 39.6 Å². The Hall–Kier alpha value is -3.51. The van der Waals surface area contributed by atoms with Gasteiger partial charge in [0.05, 0.1) is 28.4 Å². The van der Waals surface area contributed by atoms with Crippen molar-refractivity contribution in [3.8, 4) is 23.0 Å². The maximum absolute atomic E-state index is 11.9. The second-order valence-corrected chi connectivity index (χ2v) is 8.36. The number of rotatable bonds is 9. The Kier molecular flexibility index (Phi) is 7.38. The van der Waals surface area contributed by atoms with Gasteiger partial charge in [-0.2, -0.15) is 0 Å². The summed E-state index contributed by atoms with van der Waals surface area (Å²) in [7, 11) is 6.55. The van der Waals surface area contributed by atoms with Crippen LogP contribution in [0.2, 0.25) is 0 Å². The standard InChI is InChI=1S/C28H31NO5/c1-31-24-11-10-20(14-25(24)32-2)28-22(12-13-30)23-16-27(34-4)26(33-3)15-21(23)18-29(28)17-19-8-6-5-7-9-19/h5-11,13-16,22,28H,12,17-18H2,1-4H3/t22-,28+/m0/s1. The van der Waals surface area contributed by atoms with E-state index in [-0.39, 0.29) is 12.0 Å². The SMILES string of the molecule is COc1ccc([C@@H]2[C@@H](CC=O)c3cc(OC)c(OC)cc3CN2Cc2ccccc2)cc1OC. The number of fused-ring (bicyclic) bond motifs is 1. The van der Waals surface area contributed by atoms with Gasteiger partial charge in [-0.1, -0.05) is 36.4 Å². The van der Waals surface area contributed by atoms with Crippen LogP contribution in [0.5, 0.6) is 23.0 Å². The van der Waals surface area contributed by atoms with Gasteiger partial charge in [0, 0.05) is 31.5 Å². The summed E-state index contributed by atoms with van der Waals surface area (Å²) in [5, 5.41) is 0. The van der Waals surface area contributed by atoms with E-state index in [4.69, 9.17) is 18.9 Å². The van der Waals surface area contributed by atoms with Crippen LogP contribution in [-0.2, 0) is 17.9 Å². The molecule has 1 aliphatic rings. The van der Waals surface area contributed by atoms with E-state index in [1.165, 1.54) is 5.56 Å². The van der Waals surface area contributed by atoms with Crippen LogP contribution >= 0.6 is 0 Å². The van der Waals surface area contributed by atoms with Crippen molar-refractivity contribution >= 4 is 6.29 Å². The van der Waals surface area contributed by atoms with E-state index in [1.54, 1.807) is 28.4 Å². The third-order valence-corrected chi connectivity index (χ3v) is 6.52. The molecule has 3 aromatic rings. The van der Waals surface area contributed by atoms with Crippen molar-refractivity contribution in [3.63, 3.8) is 0 Å². The number of carbonyl (C=O) groups excluding carboxylic acids is 1. The molecule has 0 aromatic heterocycles. The highest BCUT2D eigenvalue weighted by Crippen LogP contribution is 2.48. The maximum Gasteiger partial charge on any atom is 0.161 e. The Bertz CT molecular complexity index is 1130. The molecule has 0 saturated heterocycles. The zero-order chi connectivity index (χ0) is 24.1. The average Bonchev–Trinajstić information content (AvgIpc) is 2.88. The van der Waals surface area contributed by atoms with Crippen LogP contribution < -0.4 is 18.9 Å². The van der Waals surface area contributed by atoms with E-state index >= 15 is 0 Å². The Labute approximate surface area is 201 Å². The van der Waals surface area contributed by atoms with Crippen molar-refractivity contribution in [1.82, 2.24) is 4.90 Å². The highest BCUT2D eigenvalue weighted by atomic mass is 16.5. The number of nitrogens with zero attached hydrogens (tertiary/aromatic N) is 1. The Balaban J connectivity index is 1.87. The van der Waals surface area contributed by atoms with Crippen LogP contribution in [0.3, 0.4) is 0 Å². The first-order valence-corrected chi connectivity index (χ1v) is 11.3. The summed E-state index contributed by atoms with van der Waals surface area (Å²) in [4.78, 5) is 14.3. The van der Waals surface area contributed by atoms with Gasteiger partial charge in [-0.05, 0) is 46.5 Å². The molecule has 6 heteroatoms. The number of hydrogen-bond donors (Lipinski definition) is 0. The number of benzene rings is 3. The second kappa shape index (κ2) is 10.6. The first kappa shape index (κ1) is 23.6. The number of carbonyl (C=O) groups is 1. The van der Waals surface area contributed by atoms with Gasteiger partial charge in [-0.15, -0.1) is 0 Å². The number of methoxy groups -OCH3 is 4. The van der Waals surface area contributed by atoms with Crippen LogP contribution in [0.1, 0.15) is 40.6 Å². The van der Waals surface area contributed by atoms with Crippen LogP contribution in [0.4, 0.5) is 0 Å². The monoisotopic (exact) mass is 461 g/mol. The fraction of sp³-hybridized carbons (Fsp3) is 0.321. The molecule has 1 heterocycles. The van der Waals surface area contributed by atoms with Gasteiger partial charge in [0.1, 0.15) is 6.29 Å². The van der Waals surface area contributed by atoms with E-state index in [0.29, 0.717) is 36.0 Å². The van der Waals surface area contributed by atoms with E-state index in [0.717, 1.165) is 29.5 Å². The van der Waals surface area contributed by atoms with Gasteiger partial charge in [-0.25, -0.2) is 0 Å². The number of hydrogen-bond acceptors (Lipinski definition) is 6. The molecule has 0 saturated carbocycles. The minimum absolute atomic E-state index is 0.0455. The lowest BCUT2D eigenvalue weighted by atomic mass is 9.78. The van der Waals surface area contributed by atoms with Crippen LogP contribution in [0.15, 0.2) is 60.7 Å². The molecule has 0 unspecified atom stereocenters. The molecule has 0 amide bonds. The molecule has 0 fully saturated rings. The Morgan fingerprint density at radius 3 is 2.12 bits per heavy atom. The highest BCUT2D eigenvalue weighted by Gasteiger charge is 2.37. The lowest BCUT2D eigenvalue weighted by Gasteiger charge is -2.43. The third-order valence-electron chi connectivity index (χ3n) is 6.52. The lowest BCUT2D eigenvalue weighted by Crippen LogP contribution is -2.37. The first-order valence-electron chi connectivity index (χ1n) is 11.3. The summed E-state index contributed by atoms with van der Waals surface area (Å²) in [6.07, 6.45) is 1.39. The minimum atomic E-state index is -0.0668. The first-order chi connectivity index (χ1) is 16.6. The van der Waals surface area contributed by atoms with Gasteiger partial charge in [-0.3, -0.25) is 4.90 Å². The Morgan fingerprint density at radius 2 is 1.47 bits per heavy atom. The predicted molar refractivity (Wildman–Crippen MR) is 131 cm³/mol. The largest absolute Gasteiger partial charge is 0.493 e. The molecule has 34 heavy (non-hydrogen) atoms. The quantitative estimate of drug-likeness (QED) is 0.411. The molecule has 0 bridgehead atoms. The molecule has 0 spiro atoms. The zero-order valence-electron chi connectivity index (χ0n) is 20.1. The van der Waals surface area contributed by atoms with Gasteiger partial charge in [0.25, 0.3) is 0 Å². The summed E-state index contributed by atoms with van der Waals surface area (Å²) >= 11 is 0. The Morgan fingerprint density at radius 1 is 0.824 bits per heavy atom. The molecule has 0 radical (unpaired) electrons. The van der Waals surface area contributed by atoms with E-state index in [2.05, 4.69) is 35.2 Å². The van der Waals surface area contributed by atoms with Gasteiger partial charge in [0.15, 0.2) is 23.0 Å². The number of aldehydes is 1. The summed E-state index contributed by atoms with van der Waals surface area (Å²) in [5.74, 6) is 2.64. The molecule has 0 aliphatic carbocycles. The van der Waals surface area contributed by atoms with Gasteiger partial charge >= 0.3 is 0 Å². The maximum atomic E-state index is 11.9. The summed E-state index contributed by atoms with van der Waals surface area (Å²) in [6, 6.07) is 20.4. The molecule has 1 aliphatic heterocycles. The van der Waals surface area contributed by atoms with Crippen molar-refractivity contribution in [2.24, 2.45) is 0 Å². The smallest absolute Gasteiger partial charge is 0.161 e. The molecular weight excluding hydrogens is 430 g/mol. The summed E-state index contributed by atoms with van der Waals surface area (Å²) < 4.78 is 22.2. The second-order valence-electron chi connectivity index (χ2n) is 8.36. The van der Waals surface area contributed by atoms with Crippen molar-refractivity contribution in [2.45, 2.75) is 31.5 Å². The zero-order valence-corrected chi connectivity index (χ0v) is 20.1. The molecule has 6 nitrogen and oxygen atoms in total. The van der Waals surface area contributed by atoms with Crippen LogP contribution in [0, 0.1) is 0 Å². The molecule has 0 N–H and O–H groups in total. The van der Waals surface area contributed by atoms with Crippen molar-refractivity contribution in [2.75, 3.05) is 28.4 Å². The van der Waals surface area contributed by atoms with E-state index < -0.39 is 0 Å². The van der Waals surface area contributed by atoms with Crippen molar-refractivity contribution in [1.29, 1.82) is 0 Å². The van der Waals surface area contributed by atoms with E-state index in [9.17, 15) is 4.79 Å². The van der Waals surface area contributed by atoms with Crippen molar-refractivity contribution < 1.29 is 23.7 Å². The highest BCUT2D eigenvalue weighted by molar-refractivity contribution is 5.57. The van der Waals surface area contributed by atoms with Gasteiger partial charge in [0.2, 0.25) is 0 Å². The fourth-order valence-electron chi connectivity index (χ4n) is 4.97. The molecule has 2 atom stereocenters. The third kappa shape index (κ3) is 4.59. The normalized spacial score (nSPS) is 17.5. The topological polar surface area (TPSA) is 57.2 Å². The summed E-state index contributed by atoms with van der Waals surface area (Å²) in [5.41, 5.74) is 4.52. The molecule has 4 rings (SSSR count). The van der Waals surface area contributed by atoms with E-state index in [1.807, 2.05) is 30.3 Å². The lowest BCUT2D eigenvalue weighted by molar-refractivity contribution is -0.108. The molecular formula is C28H31NO5. The van der Waals surface area contributed by atoms with Crippen molar-refractivity contribution in [3.05, 3.63) is 82.9 Å². The number of ether oxygens (including phenoxy) is 4. The molecule has 178 valence electrons. The summed E-state index contributed by atoms with van der Waals surface area (Å²) in [6.45, 7) is 1.45. The molecule has 3 aromatic carbocycles. The average molecular weight is 462 g/mol. The fourth-order valence-corrected chi connectivity index (χ4v) is 4.97.